The first-order valence-corrected chi connectivity index (χ1v) is 20.8. The van der Waals surface area contributed by atoms with Gasteiger partial charge in [0.2, 0.25) is 0 Å². The fraction of sp³-hybridized carbons (Fsp3) is 0.294. The number of esters is 2. The van der Waals surface area contributed by atoms with Crippen LogP contribution in [-0.2, 0) is 43.1 Å². The Balaban J connectivity index is 1.05. The minimum atomic E-state index is -0.945. The van der Waals surface area contributed by atoms with Gasteiger partial charge in [0.1, 0.15) is 25.4 Å². The van der Waals surface area contributed by atoms with E-state index in [9.17, 15) is 19.2 Å². The summed E-state index contributed by atoms with van der Waals surface area (Å²) in [5.41, 5.74) is 10.8. The van der Waals surface area contributed by atoms with E-state index in [1.807, 2.05) is 80.6 Å². The maximum absolute atomic E-state index is 14.6. The number of fused-ring (bicyclic) bond motifs is 5. The molecule has 0 saturated carbocycles. The number of hydrogen-bond acceptors (Lipinski definition) is 7. The average molecular weight is 803 g/mol. The molecule has 3 aliphatic carbocycles. The molecule has 0 radical (unpaired) electrons. The Morgan fingerprint density at radius 3 is 2.05 bits per heavy atom. The number of rotatable bonds is 14. The zero-order valence-corrected chi connectivity index (χ0v) is 34.2. The van der Waals surface area contributed by atoms with Crippen molar-refractivity contribution in [3.05, 3.63) is 171 Å². The standard InChI is InChI=1S/C51H50N2O7/c1-32(2)26-46(53-50(57)59-31-45-43-18-10-8-16-41(43)42-17-9-11-19-44(42)45)49(56)60-47-40-15-7-6-14-38(40)30-51(47,39-27-36-12-4-5-13-37(36)28-39)29-34-20-22-35(23-21-34)48(55)52-24-25-58-33(3)54/h4-23,27,32,45-47H,24-26,28-31H2,1-3H3,(H,52,55)(H,53,57)/t46?,47-,51+/m1/s1. The molecule has 0 aliphatic heterocycles. The van der Waals surface area contributed by atoms with Crippen LogP contribution in [0.1, 0.15) is 88.5 Å². The van der Waals surface area contributed by atoms with Crippen molar-refractivity contribution < 1.29 is 33.4 Å². The van der Waals surface area contributed by atoms with Gasteiger partial charge in [0, 0.05) is 23.8 Å². The van der Waals surface area contributed by atoms with Crippen molar-refractivity contribution in [2.24, 2.45) is 11.3 Å². The van der Waals surface area contributed by atoms with Gasteiger partial charge in [-0.25, -0.2) is 9.59 Å². The summed E-state index contributed by atoms with van der Waals surface area (Å²) in [6.07, 6.45) is 3.15. The van der Waals surface area contributed by atoms with E-state index in [1.165, 1.54) is 12.5 Å². The summed E-state index contributed by atoms with van der Waals surface area (Å²) in [5, 5.41) is 5.70. The molecule has 2 N–H and O–H groups in total. The Bertz CT molecular complexity index is 2410. The van der Waals surface area contributed by atoms with Gasteiger partial charge in [-0.1, -0.05) is 135 Å². The quantitative estimate of drug-likeness (QED) is 0.0654. The summed E-state index contributed by atoms with van der Waals surface area (Å²) in [4.78, 5) is 52.3. The predicted octanol–water partition coefficient (Wildman–Crippen LogP) is 8.94. The van der Waals surface area contributed by atoms with Gasteiger partial charge < -0.3 is 24.8 Å². The lowest BCUT2D eigenvalue weighted by Gasteiger charge is -2.38. The summed E-state index contributed by atoms with van der Waals surface area (Å²) < 4.78 is 17.6. The Hall–Kier alpha value is -6.48. The molecule has 3 aliphatic rings. The van der Waals surface area contributed by atoms with Crippen molar-refractivity contribution in [1.82, 2.24) is 10.6 Å². The fourth-order valence-electron chi connectivity index (χ4n) is 9.27. The Morgan fingerprint density at radius 1 is 0.750 bits per heavy atom. The molecule has 306 valence electrons. The summed E-state index contributed by atoms with van der Waals surface area (Å²) >= 11 is 0. The largest absolute Gasteiger partial charge is 0.464 e. The molecule has 1 unspecified atom stereocenters. The Labute approximate surface area is 351 Å². The minimum Gasteiger partial charge on any atom is -0.464 e. The van der Waals surface area contributed by atoms with Crippen LogP contribution >= 0.6 is 0 Å². The number of amides is 2. The second-order valence-corrected chi connectivity index (χ2v) is 16.5. The molecule has 0 aromatic heterocycles. The Morgan fingerprint density at radius 2 is 1.38 bits per heavy atom. The lowest BCUT2D eigenvalue weighted by molar-refractivity contribution is -0.157. The first-order chi connectivity index (χ1) is 29.1. The zero-order chi connectivity index (χ0) is 41.8. The predicted molar refractivity (Wildman–Crippen MR) is 230 cm³/mol. The van der Waals surface area contributed by atoms with E-state index in [0.29, 0.717) is 31.2 Å². The van der Waals surface area contributed by atoms with Gasteiger partial charge in [-0.3, -0.25) is 9.59 Å². The van der Waals surface area contributed by atoms with Gasteiger partial charge in [0.05, 0.1) is 6.54 Å². The van der Waals surface area contributed by atoms with Crippen LogP contribution in [-0.4, -0.2) is 49.7 Å². The first-order valence-electron chi connectivity index (χ1n) is 20.8. The van der Waals surface area contributed by atoms with Gasteiger partial charge in [-0.05, 0) is 93.8 Å². The Kier molecular flexibility index (Phi) is 11.7. The van der Waals surface area contributed by atoms with Crippen molar-refractivity contribution in [2.45, 2.75) is 64.5 Å². The van der Waals surface area contributed by atoms with E-state index in [0.717, 1.165) is 50.1 Å². The summed E-state index contributed by atoms with van der Waals surface area (Å²) in [6.45, 7) is 5.79. The highest BCUT2D eigenvalue weighted by atomic mass is 16.6. The number of carbonyl (C=O) groups excluding carboxylic acids is 4. The van der Waals surface area contributed by atoms with E-state index in [4.69, 9.17) is 14.2 Å². The van der Waals surface area contributed by atoms with E-state index >= 15 is 0 Å². The van der Waals surface area contributed by atoms with E-state index in [1.54, 1.807) is 12.1 Å². The molecule has 0 heterocycles. The van der Waals surface area contributed by atoms with Crippen LogP contribution in [0.5, 0.6) is 0 Å². The molecule has 0 saturated heterocycles. The third-order valence-corrected chi connectivity index (χ3v) is 12.0. The lowest BCUT2D eigenvalue weighted by Crippen LogP contribution is -2.45. The molecular formula is C51H50N2O7. The van der Waals surface area contributed by atoms with Gasteiger partial charge in [0.25, 0.3) is 5.91 Å². The maximum atomic E-state index is 14.6. The molecule has 2 amide bonds. The third kappa shape index (κ3) is 8.35. The fourth-order valence-corrected chi connectivity index (χ4v) is 9.27. The molecule has 60 heavy (non-hydrogen) atoms. The van der Waals surface area contributed by atoms with E-state index < -0.39 is 35.6 Å². The van der Waals surface area contributed by atoms with Crippen LogP contribution in [0.2, 0.25) is 0 Å². The maximum Gasteiger partial charge on any atom is 0.407 e. The number of alkyl carbamates (subject to hydrolysis) is 1. The smallest absolute Gasteiger partial charge is 0.407 e. The lowest BCUT2D eigenvalue weighted by atomic mass is 9.70. The van der Waals surface area contributed by atoms with Gasteiger partial charge in [0.15, 0.2) is 0 Å². The van der Waals surface area contributed by atoms with Crippen molar-refractivity contribution in [2.75, 3.05) is 19.8 Å². The molecule has 5 aromatic rings. The average Bonchev–Trinajstić information content (AvgIpc) is 3.92. The van der Waals surface area contributed by atoms with Crippen LogP contribution in [0, 0.1) is 11.3 Å². The van der Waals surface area contributed by atoms with Gasteiger partial charge in [-0.15, -0.1) is 0 Å². The minimum absolute atomic E-state index is 0.0708. The summed E-state index contributed by atoms with van der Waals surface area (Å²) in [5.74, 6) is -1.23. The highest BCUT2D eigenvalue weighted by Gasteiger charge is 2.52. The van der Waals surface area contributed by atoms with Gasteiger partial charge >= 0.3 is 18.0 Å². The van der Waals surface area contributed by atoms with Crippen LogP contribution in [0.15, 0.2) is 127 Å². The molecule has 0 bridgehead atoms. The molecule has 5 aromatic carbocycles. The SMILES string of the molecule is CC(=O)OCCNC(=O)c1ccc(C[C@@]2(C3=Cc4ccccc4C3)Cc3ccccc3[C@H]2OC(=O)C(CC(C)C)NC(=O)OCC2c3ccccc3-c3ccccc32)cc1. The van der Waals surface area contributed by atoms with Crippen molar-refractivity contribution in [3.8, 4) is 11.1 Å². The first kappa shape index (κ1) is 40.3. The summed E-state index contributed by atoms with van der Waals surface area (Å²) in [6, 6.07) is 39.4. The van der Waals surface area contributed by atoms with E-state index in [2.05, 4.69) is 59.2 Å². The second kappa shape index (κ2) is 17.4. The molecule has 9 heteroatoms. The number of carbonyl (C=O) groups is 4. The number of ether oxygens (including phenoxy) is 3. The third-order valence-electron chi connectivity index (χ3n) is 12.0. The highest BCUT2D eigenvalue weighted by Crippen LogP contribution is 2.57. The van der Waals surface area contributed by atoms with Crippen LogP contribution in [0.4, 0.5) is 4.79 Å². The molecule has 8 rings (SSSR count). The number of nitrogens with one attached hydrogen (secondary N) is 2. The van der Waals surface area contributed by atoms with E-state index in [-0.39, 0.29) is 37.5 Å². The topological polar surface area (TPSA) is 120 Å². The highest BCUT2D eigenvalue weighted by molar-refractivity contribution is 5.94. The van der Waals surface area contributed by atoms with Crippen molar-refractivity contribution in [3.63, 3.8) is 0 Å². The van der Waals surface area contributed by atoms with Crippen LogP contribution < -0.4 is 10.6 Å². The molecule has 9 nitrogen and oxygen atoms in total. The number of benzene rings is 5. The molecule has 0 spiro atoms. The van der Waals surface area contributed by atoms with Crippen LogP contribution in [0.3, 0.4) is 0 Å². The van der Waals surface area contributed by atoms with Crippen molar-refractivity contribution in [1.29, 1.82) is 0 Å². The second-order valence-electron chi connectivity index (χ2n) is 16.5. The number of hydrogen-bond donors (Lipinski definition) is 2. The molecule has 0 fully saturated rings. The monoisotopic (exact) mass is 802 g/mol. The van der Waals surface area contributed by atoms with Gasteiger partial charge in [-0.2, -0.15) is 0 Å². The van der Waals surface area contributed by atoms with Crippen LogP contribution in [0.25, 0.3) is 17.2 Å². The zero-order valence-electron chi connectivity index (χ0n) is 34.2. The summed E-state index contributed by atoms with van der Waals surface area (Å²) in [7, 11) is 0. The molecular weight excluding hydrogens is 753 g/mol. The molecule has 3 atom stereocenters. The van der Waals surface area contributed by atoms with Crippen molar-refractivity contribution >= 4 is 30.0 Å². The normalized spacial score (nSPS) is 17.7.